The third-order valence-corrected chi connectivity index (χ3v) is 1.87. The Balaban J connectivity index is 3.09. The van der Waals surface area contributed by atoms with Crippen LogP contribution in [0.25, 0.3) is 0 Å². The molecule has 4 heteroatoms. The Bertz CT molecular complexity index is 361. The van der Waals surface area contributed by atoms with Crippen molar-refractivity contribution in [1.82, 2.24) is 4.98 Å². The molecule has 1 N–H and O–H groups in total. The average Bonchev–Trinajstić information content (AvgIpc) is 2.11. The van der Waals surface area contributed by atoms with Gasteiger partial charge in [0.25, 0.3) is 0 Å². The molecule has 0 aromatic carbocycles. The van der Waals surface area contributed by atoms with Gasteiger partial charge >= 0.3 is 5.97 Å². The van der Waals surface area contributed by atoms with Gasteiger partial charge in [-0.05, 0) is 26.8 Å². The lowest BCUT2D eigenvalue weighted by molar-refractivity contribution is 0.0524. The van der Waals surface area contributed by atoms with E-state index in [4.69, 9.17) is 4.74 Å². The maximum absolute atomic E-state index is 11.4. The van der Waals surface area contributed by atoms with Gasteiger partial charge in [-0.25, -0.2) is 4.79 Å². The van der Waals surface area contributed by atoms with Crippen LogP contribution in [0.2, 0.25) is 0 Å². The molecule has 0 aliphatic carbocycles. The molecule has 1 aromatic heterocycles. The number of hydrogen-bond donors (Lipinski definition) is 1. The molecule has 0 radical (unpaired) electrons. The normalized spacial score (nSPS) is 9.93. The van der Waals surface area contributed by atoms with Crippen LogP contribution in [0, 0.1) is 13.8 Å². The van der Waals surface area contributed by atoms with Crippen LogP contribution < -0.4 is 0 Å². The molecule has 0 atom stereocenters. The van der Waals surface area contributed by atoms with Gasteiger partial charge in [0.2, 0.25) is 0 Å². The van der Waals surface area contributed by atoms with Crippen LogP contribution in [0.3, 0.4) is 0 Å². The minimum Gasteiger partial charge on any atom is -0.506 e. The van der Waals surface area contributed by atoms with E-state index in [0.29, 0.717) is 23.6 Å². The summed E-state index contributed by atoms with van der Waals surface area (Å²) in [6.07, 6.45) is 0. The van der Waals surface area contributed by atoms with Gasteiger partial charge in [0.1, 0.15) is 5.75 Å². The molecule has 0 spiro atoms. The topological polar surface area (TPSA) is 59.4 Å². The van der Waals surface area contributed by atoms with Crippen LogP contribution in [0.4, 0.5) is 0 Å². The van der Waals surface area contributed by atoms with Crippen molar-refractivity contribution < 1.29 is 14.6 Å². The number of nitrogens with zero attached hydrogens (tertiary/aromatic N) is 1. The fourth-order valence-corrected chi connectivity index (χ4v) is 1.13. The van der Waals surface area contributed by atoms with Crippen LogP contribution in [0.15, 0.2) is 6.07 Å². The fourth-order valence-electron chi connectivity index (χ4n) is 1.13. The molecule has 4 nitrogen and oxygen atoms in total. The molecule has 0 bridgehead atoms. The number of esters is 1. The Hall–Kier alpha value is -1.58. The number of aryl methyl sites for hydroxylation is 2. The lowest BCUT2D eigenvalue weighted by atomic mass is 10.2. The van der Waals surface area contributed by atoms with E-state index in [1.807, 2.05) is 0 Å². The average molecular weight is 195 g/mol. The summed E-state index contributed by atoms with van der Waals surface area (Å²) in [7, 11) is 0. The monoisotopic (exact) mass is 195 g/mol. The summed E-state index contributed by atoms with van der Waals surface area (Å²) in [5.74, 6) is -0.438. The third-order valence-electron chi connectivity index (χ3n) is 1.87. The quantitative estimate of drug-likeness (QED) is 0.728. The highest BCUT2D eigenvalue weighted by molar-refractivity contribution is 5.91. The van der Waals surface area contributed by atoms with Crippen molar-refractivity contribution in [1.29, 1.82) is 0 Å². The molecule has 0 fully saturated rings. The zero-order chi connectivity index (χ0) is 10.7. The number of rotatable bonds is 2. The summed E-state index contributed by atoms with van der Waals surface area (Å²) < 4.78 is 4.81. The molecule has 1 aromatic rings. The Labute approximate surface area is 82.5 Å². The predicted octanol–water partition coefficient (Wildman–Crippen LogP) is 1.58. The van der Waals surface area contributed by atoms with Crippen LogP contribution in [0.5, 0.6) is 5.75 Å². The minimum atomic E-state index is -0.451. The van der Waals surface area contributed by atoms with E-state index in [0.717, 1.165) is 0 Å². The Morgan fingerprint density at radius 2 is 2.14 bits per heavy atom. The lowest BCUT2D eigenvalue weighted by Crippen LogP contribution is -2.08. The van der Waals surface area contributed by atoms with E-state index in [-0.39, 0.29) is 5.75 Å². The van der Waals surface area contributed by atoms with Gasteiger partial charge in [-0.3, -0.25) is 4.98 Å². The van der Waals surface area contributed by atoms with Gasteiger partial charge in [-0.1, -0.05) is 0 Å². The van der Waals surface area contributed by atoms with Gasteiger partial charge in [-0.15, -0.1) is 0 Å². The van der Waals surface area contributed by atoms with Crippen molar-refractivity contribution in [3.05, 3.63) is 23.0 Å². The SMILES string of the molecule is CCOC(=O)c1cc(O)c(C)nc1C. The van der Waals surface area contributed by atoms with Crippen molar-refractivity contribution in [3.8, 4) is 5.75 Å². The molecule has 0 amide bonds. The molecule has 76 valence electrons. The van der Waals surface area contributed by atoms with Crippen molar-refractivity contribution in [2.45, 2.75) is 20.8 Å². The molecule has 0 saturated heterocycles. The van der Waals surface area contributed by atoms with E-state index in [1.54, 1.807) is 20.8 Å². The first-order valence-electron chi connectivity index (χ1n) is 4.40. The van der Waals surface area contributed by atoms with Crippen LogP contribution >= 0.6 is 0 Å². The highest BCUT2D eigenvalue weighted by Crippen LogP contribution is 2.18. The number of carbonyl (C=O) groups is 1. The third kappa shape index (κ3) is 2.02. The number of aromatic hydroxyl groups is 1. The van der Waals surface area contributed by atoms with Crippen LogP contribution in [-0.2, 0) is 4.74 Å². The second-order valence-corrected chi connectivity index (χ2v) is 2.95. The van der Waals surface area contributed by atoms with E-state index in [1.165, 1.54) is 6.07 Å². The number of aromatic nitrogens is 1. The van der Waals surface area contributed by atoms with Gasteiger partial charge < -0.3 is 9.84 Å². The summed E-state index contributed by atoms with van der Waals surface area (Å²) >= 11 is 0. The smallest absolute Gasteiger partial charge is 0.340 e. The zero-order valence-electron chi connectivity index (χ0n) is 8.50. The minimum absolute atomic E-state index is 0.0126. The molecule has 0 unspecified atom stereocenters. The summed E-state index contributed by atoms with van der Waals surface area (Å²) in [6.45, 7) is 5.43. The van der Waals surface area contributed by atoms with Gasteiger partial charge in [0.15, 0.2) is 0 Å². The van der Waals surface area contributed by atoms with E-state index in [9.17, 15) is 9.90 Å². The van der Waals surface area contributed by atoms with Crippen molar-refractivity contribution in [2.75, 3.05) is 6.61 Å². The van der Waals surface area contributed by atoms with Crippen LogP contribution in [-0.4, -0.2) is 22.7 Å². The molecular formula is C10H13NO3. The van der Waals surface area contributed by atoms with Crippen molar-refractivity contribution in [3.63, 3.8) is 0 Å². The van der Waals surface area contributed by atoms with Gasteiger partial charge in [0, 0.05) is 0 Å². The maximum Gasteiger partial charge on any atom is 0.340 e. The first-order valence-corrected chi connectivity index (χ1v) is 4.40. The summed E-state index contributed by atoms with van der Waals surface area (Å²) in [5.41, 5.74) is 1.39. The summed E-state index contributed by atoms with van der Waals surface area (Å²) in [4.78, 5) is 15.4. The molecule has 0 aliphatic heterocycles. The molecule has 14 heavy (non-hydrogen) atoms. The van der Waals surface area contributed by atoms with Crippen LogP contribution in [0.1, 0.15) is 28.7 Å². The van der Waals surface area contributed by atoms with Crippen molar-refractivity contribution in [2.24, 2.45) is 0 Å². The van der Waals surface area contributed by atoms with Gasteiger partial charge in [0.05, 0.1) is 23.6 Å². The van der Waals surface area contributed by atoms with E-state index < -0.39 is 5.97 Å². The van der Waals surface area contributed by atoms with E-state index in [2.05, 4.69) is 4.98 Å². The standard InChI is InChI=1S/C10H13NO3/c1-4-14-10(13)8-5-9(12)7(3)11-6(8)2/h5,12H,4H2,1-3H3. The fraction of sp³-hybridized carbons (Fsp3) is 0.400. The molecule has 1 rings (SSSR count). The number of pyridine rings is 1. The molecule has 0 saturated carbocycles. The lowest BCUT2D eigenvalue weighted by Gasteiger charge is -2.06. The summed E-state index contributed by atoms with van der Waals surface area (Å²) in [5, 5.41) is 9.37. The largest absolute Gasteiger partial charge is 0.506 e. The molecular weight excluding hydrogens is 182 g/mol. The Morgan fingerprint density at radius 3 is 2.71 bits per heavy atom. The Morgan fingerprint density at radius 1 is 1.50 bits per heavy atom. The first-order chi connectivity index (χ1) is 6.56. The second kappa shape index (κ2) is 4.09. The molecule has 0 aliphatic rings. The highest BCUT2D eigenvalue weighted by Gasteiger charge is 2.13. The maximum atomic E-state index is 11.4. The number of carbonyl (C=O) groups excluding carboxylic acids is 1. The highest BCUT2D eigenvalue weighted by atomic mass is 16.5. The number of ether oxygens (including phenoxy) is 1. The number of hydrogen-bond acceptors (Lipinski definition) is 4. The second-order valence-electron chi connectivity index (χ2n) is 2.95. The molecule has 1 heterocycles. The predicted molar refractivity (Wildman–Crippen MR) is 51.3 cm³/mol. The van der Waals surface area contributed by atoms with E-state index >= 15 is 0 Å². The van der Waals surface area contributed by atoms with Crippen molar-refractivity contribution >= 4 is 5.97 Å². The first kappa shape index (κ1) is 10.5. The zero-order valence-corrected chi connectivity index (χ0v) is 8.50. The Kier molecular flexibility index (Phi) is 3.06. The summed E-state index contributed by atoms with van der Waals surface area (Å²) in [6, 6.07) is 1.38. The van der Waals surface area contributed by atoms with Gasteiger partial charge in [-0.2, -0.15) is 0 Å².